The van der Waals surface area contributed by atoms with Crippen molar-refractivity contribution in [3.8, 4) is 0 Å². The summed E-state index contributed by atoms with van der Waals surface area (Å²) in [5.74, 6) is -0.225. The van der Waals surface area contributed by atoms with Crippen LogP contribution in [0, 0.1) is 0 Å². The van der Waals surface area contributed by atoms with Gasteiger partial charge in [-0.25, -0.2) is 0 Å². The van der Waals surface area contributed by atoms with Crippen LogP contribution in [0.2, 0.25) is 0 Å². The zero-order chi connectivity index (χ0) is 11.0. The summed E-state index contributed by atoms with van der Waals surface area (Å²) in [6, 6.07) is 0. The maximum Gasteiger partial charge on any atom is 0.305 e. The first-order valence-electron chi connectivity index (χ1n) is 5.61. The Hall–Kier alpha value is -0.530. The molecule has 0 heterocycles. The van der Waals surface area contributed by atoms with Gasteiger partial charge in [-0.05, 0) is 12.8 Å². The lowest BCUT2D eigenvalue weighted by Gasteiger charge is -2.01. The van der Waals surface area contributed by atoms with Crippen molar-refractivity contribution in [1.29, 1.82) is 0 Å². The molecule has 0 atom stereocenters. The van der Waals surface area contributed by atoms with Gasteiger partial charge >= 0.3 is 5.97 Å². The van der Waals surface area contributed by atoms with Crippen molar-refractivity contribution >= 4 is 5.97 Å². The number of carbonyl (C=O) groups is 1. The monoisotopic (exact) mass is 161 g/mol. The lowest BCUT2D eigenvalue weighted by atomic mass is 10.2. The van der Waals surface area contributed by atoms with Gasteiger partial charge in [0.25, 0.3) is 0 Å². The minimum atomic E-state index is -1.87. The highest BCUT2D eigenvalue weighted by molar-refractivity contribution is 5.69. The molecule has 0 saturated heterocycles. The minimum absolute atomic E-state index is 0.175. The van der Waals surface area contributed by atoms with Crippen molar-refractivity contribution in [2.75, 3.05) is 6.61 Å². The third kappa shape index (κ3) is 7.37. The molecule has 0 aliphatic heterocycles. The zero-order valence-electron chi connectivity index (χ0n) is 10.1. The molecule has 0 fully saturated rings. The molecule has 66 valence electrons. The number of rotatable bonds is 6. The molecule has 0 rings (SSSR count). The predicted molar refractivity (Wildman–Crippen MR) is 45.4 cm³/mol. The molecule has 0 amide bonds. The Balaban J connectivity index is 3.32. The van der Waals surface area contributed by atoms with E-state index in [4.69, 9.17) is 8.85 Å². The molecule has 0 bridgehead atoms. The summed E-state index contributed by atoms with van der Waals surface area (Å²) in [6.07, 6.45) is 2.48. The van der Waals surface area contributed by atoms with Crippen LogP contribution in [-0.2, 0) is 9.53 Å². The van der Waals surface area contributed by atoms with E-state index in [-0.39, 0.29) is 12.4 Å². The van der Waals surface area contributed by atoms with Gasteiger partial charge in [0.15, 0.2) is 0 Å². The highest BCUT2D eigenvalue weighted by Crippen LogP contribution is 2.00. The summed E-state index contributed by atoms with van der Waals surface area (Å²) in [5.41, 5.74) is 0. The first-order chi connectivity index (χ1) is 6.45. The fourth-order valence-corrected chi connectivity index (χ4v) is 0.682. The lowest BCUT2D eigenvalue weighted by molar-refractivity contribution is -0.143. The standard InChI is InChI=1S/C9H18O2/c1-3-5-6-7-9(10)11-8-4-2/h3-8H2,1-2H3/i1D3. The van der Waals surface area contributed by atoms with Crippen molar-refractivity contribution < 1.29 is 13.6 Å². The molecule has 0 aromatic rings. The topological polar surface area (TPSA) is 26.3 Å². The first kappa shape index (κ1) is 6.04. The fourth-order valence-electron chi connectivity index (χ4n) is 0.682. The molecule has 0 radical (unpaired) electrons. The number of hydrogen-bond acceptors (Lipinski definition) is 2. The van der Waals surface area contributed by atoms with Gasteiger partial charge in [0, 0.05) is 10.5 Å². The van der Waals surface area contributed by atoms with Crippen molar-refractivity contribution in [1.82, 2.24) is 0 Å². The highest BCUT2D eigenvalue weighted by atomic mass is 16.5. The lowest BCUT2D eigenvalue weighted by Crippen LogP contribution is -2.04. The average molecular weight is 161 g/mol. The van der Waals surface area contributed by atoms with Gasteiger partial charge in [0.1, 0.15) is 0 Å². The molecular formula is C9H18O2. The quantitative estimate of drug-likeness (QED) is 0.442. The van der Waals surface area contributed by atoms with Gasteiger partial charge in [-0.15, -0.1) is 0 Å². The van der Waals surface area contributed by atoms with Crippen LogP contribution < -0.4 is 0 Å². The van der Waals surface area contributed by atoms with Gasteiger partial charge in [0.05, 0.1) is 6.61 Å². The Morgan fingerprint density at radius 2 is 2.27 bits per heavy atom. The van der Waals surface area contributed by atoms with Crippen molar-refractivity contribution in [3.63, 3.8) is 0 Å². The van der Waals surface area contributed by atoms with E-state index in [1.807, 2.05) is 6.92 Å². The Kier molecular flexibility index (Phi) is 4.16. The number of esters is 1. The number of ether oxygens (including phenoxy) is 1. The second-order valence-electron chi connectivity index (χ2n) is 2.43. The molecular weight excluding hydrogens is 140 g/mol. The fraction of sp³-hybridized carbons (Fsp3) is 0.889. The molecule has 11 heavy (non-hydrogen) atoms. The molecule has 0 unspecified atom stereocenters. The van der Waals surface area contributed by atoms with Gasteiger partial charge < -0.3 is 4.74 Å². The van der Waals surface area contributed by atoms with E-state index in [2.05, 4.69) is 0 Å². The van der Waals surface area contributed by atoms with E-state index < -0.39 is 6.85 Å². The molecule has 0 aliphatic carbocycles. The van der Waals surface area contributed by atoms with Crippen LogP contribution in [0.1, 0.15) is 50.0 Å². The van der Waals surface area contributed by atoms with Crippen molar-refractivity contribution in [3.05, 3.63) is 0 Å². The summed E-state index contributed by atoms with van der Waals surface area (Å²) < 4.78 is 25.7. The van der Waals surface area contributed by atoms with Crippen LogP contribution in [-0.4, -0.2) is 12.6 Å². The van der Waals surface area contributed by atoms with Crippen molar-refractivity contribution in [2.45, 2.75) is 45.9 Å². The maximum atomic E-state index is 11.0. The largest absolute Gasteiger partial charge is 0.466 e. The Labute approximate surface area is 73.1 Å². The molecule has 0 spiro atoms. The van der Waals surface area contributed by atoms with E-state index in [1.54, 1.807) is 0 Å². The SMILES string of the molecule is [2H]C([2H])([2H])CCCCC(=O)OCCC. The third-order valence-corrected chi connectivity index (χ3v) is 1.27. The summed E-state index contributed by atoms with van der Waals surface area (Å²) in [6.45, 7) is 0.521. The van der Waals surface area contributed by atoms with E-state index in [1.165, 1.54) is 0 Å². The zero-order valence-corrected chi connectivity index (χ0v) is 7.06. The second-order valence-corrected chi connectivity index (χ2v) is 2.43. The van der Waals surface area contributed by atoms with E-state index in [0.717, 1.165) is 6.42 Å². The van der Waals surface area contributed by atoms with E-state index in [0.29, 0.717) is 25.9 Å². The molecule has 2 nitrogen and oxygen atoms in total. The molecule has 0 aromatic heterocycles. The van der Waals surface area contributed by atoms with Crippen LogP contribution in [0.25, 0.3) is 0 Å². The third-order valence-electron chi connectivity index (χ3n) is 1.27. The molecule has 0 aromatic carbocycles. The Morgan fingerprint density at radius 3 is 2.91 bits per heavy atom. The average Bonchev–Trinajstić information content (AvgIpc) is 2.07. The Morgan fingerprint density at radius 1 is 1.45 bits per heavy atom. The van der Waals surface area contributed by atoms with Gasteiger partial charge in [-0.2, -0.15) is 0 Å². The number of carbonyl (C=O) groups excluding carboxylic acids is 1. The molecule has 0 aliphatic rings. The summed E-state index contributed by atoms with van der Waals surface area (Å²) in [7, 11) is 0. The van der Waals surface area contributed by atoms with Crippen LogP contribution in [0.15, 0.2) is 0 Å². The normalized spacial score (nSPS) is 14.8. The maximum absolute atomic E-state index is 11.0. The van der Waals surface area contributed by atoms with Crippen LogP contribution in [0.5, 0.6) is 0 Å². The number of hydrogen-bond donors (Lipinski definition) is 0. The van der Waals surface area contributed by atoms with Gasteiger partial charge in [-0.3, -0.25) is 4.79 Å². The van der Waals surface area contributed by atoms with E-state index in [9.17, 15) is 4.79 Å². The smallest absolute Gasteiger partial charge is 0.305 e. The summed E-state index contributed by atoms with van der Waals surface area (Å²) in [5, 5.41) is 0. The van der Waals surface area contributed by atoms with Crippen LogP contribution in [0.4, 0.5) is 0 Å². The van der Waals surface area contributed by atoms with E-state index >= 15 is 0 Å². The molecule has 0 N–H and O–H groups in total. The van der Waals surface area contributed by atoms with Gasteiger partial charge in [-0.1, -0.05) is 26.6 Å². The van der Waals surface area contributed by atoms with Crippen LogP contribution >= 0.6 is 0 Å². The Bertz CT molecular complexity index is 166. The molecule has 2 heteroatoms. The first-order valence-corrected chi connectivity index (χ1v) is 4.11. The predicted octanol–water partition coefficient (Wildman–Crippen LogP) is 2.52. The summed E-state index contributed by atoms with van der Waals surface area (Å²) >= 11 is 0. The molecule has 0 saturated carbocycles. The number of unbranched alkanes of at least 4 members (excludes halogenated alkanes) is 1. The van der Waals surface area contributed by atoms with Crippen LogP contribution in [0.3, 0.4) is 0 Å². The second kappa shape index (κ2) is 7.58. The van der Waals surface area contributed by atoms with Gasteiger partial charge in [0.2, 0.25) is 0 Å². The van der Waals surface area contributed by atoms with Crippen molar-refractivity contribution in [2.24, 2.45) is 0 Å². The summed E-state index contributed by atoms with van der Waals surface area (Å²) in [4.78, 5) is 11.0. The highest BCUT2D eigenvalue weighted by Gasteiger charge is 1.99. The minimum Gasteiger partial charge on any atom is -0.466 e.